The average Bonchev–Trinajstić information content (AvgIpc) is 2.68. The van der Waals surface area contributed by atoms with Crippen LogP contribution in [0, 0.1) is 23.7 Å². The van der Waals surface area contributed by atoms with E-state index in [0.717, 1.165) is 29.5 Å². The van der Waals surface area contributed by atoms with Crippen LogP contribution >= 0.6 is 0 Å². The Morgan fingerprint density at radius 2 is 1.76 bits per heavy atom. The molecule has 0 amide bonds. The lowest BCUT2D eigenvalue weighted by Crippen LogP contribution is -2.51. The van der Waals surface area contributed by atoms with E-state index in [2.05, 4.69) is 16.5 Å². The summed E-state index contributed by atoms with van der Waals surface area (Å²) in [5.74, 6) is 5.03. The Hall–Kier alpha value is -0.990. The molecule has 5 rings (SSSR count). The van der Waals surface area contributed by atoms with Crippen LogP contribution in [0.2, 0.25) is 0 Å². The fraction of sp³-hybridized carbons (Fsp3) is 0.786. The SMILES string of the molecule is Cn1ccc(NC2C3CC4CC(C3)CC2C4)n1. The third-order valence-electron chi connectivity index (χ3n) is 5.25. The normalized spacial score (nSPS) is 43.0. The van der Waals surface area contributed by atoms with Crippen molar-refractivity contribution in [1.82, 2.24) is 9.78 Å². The lowest BCUT2D eigenvalue weighted by Gasteiger charge is -2.54. The molecule has 4 aliphatic carbocycles. The van der Waals surface area contributed by atoms with Gasteiger partial charge in [-0.3, -0.25) is 4.68 Å². The number of aryl methyl sites for hydroxylation is 1. The van der Waals surface area contributed by atoms with Gasteiger partial charge in [-0.2, -0.15) is 5.10 Å². The highest BCUT2D eigenvalue weighted by atomic mass is 15.3. The van der Waals surface area contributed by atoms with Gasteiger partial charge < -0.3 is 5.32 Å². The number of anilines is 1. The molecular weight excluding hydrogens is 210 g/mol. The number of nitrogens with one attached hydrogen (secondary N) is 1. The zero-order valence-electron chi connectivity index (χ0n) is 10.5. The van der Waals surface area contributed by atoms with Crippen LogP contribution < -0.4 is 5.32 Å². The number of hydrogen-bond donors (Lipinski definition) is 1. The van der Waals surface area contributed by atoms with Gasteiger partial charge in [0.2, 0.25) is 0 Å². The first kappa shape index (κ1) is 9.98. The molecule has 4 fully saturated rings. The van der Waals surface area contributed by atoms with E-state index in [1.165, 1.54) is 32.1 Å². The molecule has 3 nitrogen and oxygen atoms in total. The Kier molecular flexibility index (Phi) is 2.06. The zero-order chi connectivity index (χ0) is 11.4. The zero-order valence-corrected chi connectivity index (χ0v) is 10.5. The lowest BCUT2D eigenvalue weighted by molar-refractivity contribution is 0.00740. The summed E-state index contributed by atoms with van der Waals surface area (Å²) < 4.78 is 1.89. The van der Waals surface area contributed by atoms with Gasteiger partial charge in [0, 0.05) is 25.4 Å². The first-order chi connectivity index (χ1) is 8.28. The minimum absolute atomic E-state index is 0.706. The van der Waals surface area contributed by atoms with Crippen LogP contribution in [0.5, 0.6) is 0 Å². The molecular formula is C14H21N3. The van der Waals surface area contributed by atoms with E-state index < -0.39 is 0 Å². The molecule has 4 saturated carbocycles. The largest absolute Gasteiger partial charge is 0.365 e. The third kappa shape index (κ3) is 1.59. The number of hydrogen-bond acceptors (Lipinski definition) is 2. The van der Waals surface area contributed by atoms with Crippen molar-refractivity contribution in [1.29, 1.82) is 0 Å². The highest BCUT2D eigenvalue weighted by Crippen LogP contribution is 2.54. The number of aromatic nitrogens is 2. The van der Waals surface area contributed by atoms with E-state index in [0.29, 0.717) is 6.04 Å². The maximum atomic E-state index is 4.47. The lowest BCUT2D eigenvalue weighted by atomic mass is 9.54. The van der Waals surface area contributed by atoms with E-state index in [4.69, 9.17) is 0 Å². The Morgan fingerprint density at radius 3 is 2.29 bits per heavy atom. The fourth-order valence-corrected chi connectivity index (χ4v) is 4.82. The van der Waals surface area contributed by atoms with Crippen LogP contribution in [0.3, 0.4) is 0 Å². The van der Waals surface area contributed by atoms with Crippen molar-refractivity contribution in [2.24, 2.45) is 30.7 Å². The van der Waals surface area contributed by atoms with Crippen molar-refractivity contribution >= 4 is 5.82 Å². The molecule has 0 saturated heterocycles. The van der Waals surface area contributed by atoms with Crippen LogP contribution in [-0.4, -0.2) is 15.8 Å². The van der Waals surface area contributed by atoms with Gasteiger partial charge in [0.1, 0.15) is 5.82 Å². The molecule has 3 heteroatoms. The molecule has 1 aromatic heterocycles. The molecule has 1 heterocycles. The van der Waals surface area contributed by atoms with Crippen molar-refractivity contribution in [3.63, 3.8) is 0 Å². The topological polar surface area (TPSA) is 29.9 Å². The predicted octanol–water partition coefficient (Wildman–Crippen LogP) is 2.66. The summed E-state index contributed by atoms with van der Waals surface area (Å²) in [5.41, 5.74) is 0. The summed E-state index contributed by atoms with van der Waals surface area (Å²) >= 11 is 0. The minimum Gasteiger partial charge on any atom is -0.365 e. The summed E-state index contributed by atoms with van der Waals surface area (Å²) in [4.78, 5) is 0. The third-order valence-corrected chi connectivity index (χ3v) is 5.25. The smallest absolute Gasteiger partial charge is 0.148 e. The van der Waals surface area contributed by atoms with Gasteiger partial charge in [-0.25, -0.2) is 0 Å². The molecule has 0 radical (unpaired) electrons. The van der Waals surface area contributed by atoms with Crippen molar-refractivity contribution in [3.05, 3.63) is 12.3 Å². The summed E-state index contributed by atoms with van der Waals surface area (Å²) in [6.07, 6.45) is 9.44. The quantitative estimate of drug-likeness (QED) is 0.848. The van der Waals surface area contributed by atoms with Crippen LogP contribution in [0.25, 0.3) is 0 Å². The molecule has 4 bridgehead atoms. The maximum Gasteiger partial charge on any atom is 0.148 e. The van der Waals surface area contributed by atoms with Crippen molar-refractivity contribution < 1.29 is 0 Å². The van der Waals surface area contributed by atoms with E-state index in [9.17, 15) is 0 Å². The van der Waals surface area contributed by atoms with E-state index >= 15 is 0 Å². The maximum absolute atomic E-state index is 4.47. The second kappa shape index (κ2) is 3.50. The molecule has 4 aliphatic rings. The summed E-state index contributed by atoms with van der Waals surface area (Å²) in [7, 11) is 1.99. The molecule has 0 aliphatic heterocycles. The summed E-state index contributed by atoms with van der Waals surface area (Å²) in [6, 6.07) is 2.81. The van der Waals surface area contributed by atoms with Crippen LogP contribution in [0.15, 0.2) is 12.3 Å². The highest BCUT2D eigenvalue weighted by Gasteiger charge is 2.48. The molecule has 17 heavy (non-hydrogen) atoms. The van der Waals surface area contributed by atoms with Gasteiger partial charge in [-0.1, -0.05) is 0 Å². The van der Waals surface area contributed by atoms with Crippen LogP contribution in [0.1, 0.15) is 32.1 Å². The first-order valence-electron chi connectivity index (χ1n) is 7.04. The van der Waals surface area contributed by atoms with Gasteiger partial charge >= 0.3 is 0 Å². The minimum atomic E-state index is 0.706. The van der Waals surface area contributed by atoms with E-state index in [1.54, 1.807) is 0 Å². The van der Waals surface area contributed by atoms with Gasteiger partial charge in [-0.15, -0.1) is 0 Å². The molecule has 1 aromatic rings. The van der Waals surface area contributed by atoms with E-state index in [-0.39, 0.29) is 0 Å². The van der Waals surface area contributed by atoms with Crippen molar-refractivity contribution in [2.75, 3.05) is 5.32 Å². The van der Waals surface area contributed by atoms with Crippen molar-refractivity contribution in [3.8, 4) is 0 Å². The van der Waals surface area contributed by atoms with Gasteiger partial charge in [0.25, 0.3) is 0 Å². The molecule has 0 aromatic carbocycles. The number of nitrogens with zero attached hydrogens (tertiary/aromatic N) is 2. The summed E-state index contributed by atoms with van der Waals surface area (Å²) in [5, 5.41) is 8.18. The van der Waals surface area contributed by atoms with Crippen LogP contribution in [0.4, 0.5) is 5.82 Å². The fourth-order valence-electron chi connectivity index (χ4n) is 4.82. The Morgan fingerprint density at radius 1 is 1.12 bits per heavy atom. The Balaban J connectivity index is 1.54. The van der Waals surface area contributed by atoms with Crippen molar-refractivity contribution in [2.45, 2.75) is 38.1 Å². The highest BCUT2D eigenvalue weighted by molar-refractivity contribution is 5.35. The average molecular weight is 231 g/mol. The van der Waals surface area contributed by atoms with Gasteiger partial charge in [-0.05, 0) is 55.8 Å². The first-order valence-corrected chi connectivity index (χ1v) is 7.04. The summed E-state index contributed by atoms with van der Waals surface area (Å²) in [6.45, 7) is 0. The Bertz CT molecular complexity index is 395. The monoisotopic (exact) mass is 231 g/mol. The second-order valence-electron chi connectivity index (χ2n) is 6.48. The van der Waals surface area contributed by atoms with Gasteiger partial charge in [0.15, 0.2) is 0 Å². The molecule has 0 spiro atoms. The van der Waals surface area contributed by atoms with E-state index in [1.807, 2.05) is 17.9 Å². The molecule has 92 valence electrons. The van der Waals surface area contributed by atoms with Crippen LogP contribution in [-0.2, 0) is 7.05 Å². The predicted molar refractivity (Wildman–Crippen MR) is 67.7 cm³/mol. The standard InChI is InChI=1S/C14H21N3/c1-17-3-2-13(16-17)15-14-11-5-9-4-10(7-11)8-12(14)6-9/h2-3,9-12,14H,4-8H2,1H3,(H,15,16). The molecule has 1 N–H and O–H groups in total. The Labute approximate surface area is 103 Å². The molecule has 0 unspecified atom stereocenters. The molecule has 0 atom stereocenters. The second-order valence-corrected chi connectivity index (χ2v) is 6.48. The number of rotatable bonds is 2. The van der Waals surface area contributed by atoms with Gasteiger partial charge in [0.05, 0.1) is 0 Å².